The first-order valence-corrected chi connectivity index (χ1v) is 49.9. The number of methoxy groups -OCH3 is 1. The van der Waals surface area contributed by atoms with E-state index < -0.39 is 0 Å². The third kappa shape index (κ3) is 26.1. The van der Waals surface area contributed by atoms with Crippen LogP contribution in [0.4, 0.5) is 4.39 Å². The lowest BCUT2D eigenvalue weighted by Crippen LogP contribution is -2.51. The molecule has 21 heteroatoms. The fraction of sp³-hybridized carbons (Fsp3) is 0.468. The zero-order chi connectivity index (χ0) is 90.6. The van der Waals surface area contributed by atoms with Crippen molar-refractivity contribution in [3.05, 3.63) is 287 Å². The second kappa shape index (κ2) is 46.9. The molecule has 18 rings (SSSR count). The molecule has 15 nitrogen and oxygen atoms in total. The molecule has 0 spiro atoms. The van der Waals surface area contributed by atoms with E-state index in [1.54, 1.807) is 31.6 Å². The summed E-state index contributed by atoms with van der Waals surface area (Å²) in [5.41, 5.74) is 13.0. The lowest BCUT2D eigenvalue weighted by molar-refractivity contribution is -0.133. The quantitative estimate of drug-likeness (QED) is 0.0723. The first kappa shape index (κ1) is 96.1. The predicted molar refractivity (Wildman–Crippen MR) is 529 cm³/mol. The molecular formula is C109H130Cl5FN10O5. The van der Waals surface area contributed by atoms with Crippen LogP contribution >= 0.6 is 58.0 Å². The molecule has 0 saturated carbocycles. The maximum absolute atomic E-state index is 13.7. The van der Waals surface area contributed by atoms with Gasteiger partial charge in [-0.3, -0.25) is 34.0 Å². The topological polar surface area (TPSA) is 129 Å². The van der Waals surface area contributed by atoms with E-state index in [-0.39, 0.29) is 34.5 Å². The number of fused-ring (bicyclic) bond motifs is 2. The van der Waals surface area contributed by atoms with Crippen LogP contribution in [0.25, 0.3) is 21.8 Å². The number of rotatable bonds is 20. The maximum atomic E-state index is 13.7. The van der Waals surface area contributed by atoms with E-state index in [2.05, 4.69) is 116 Å². The van der Waals surface area contributed by atoms with Crippen LogP contribution in [0.5, 0.6) is 5.75 Å². The third-order valence-corrected chi connectivity index (χ3v) is 31.5. The average Bonchev–Trinajstić information content (AvgIpc) is 0.815. The number of piperidine rings is 8. The molecule has 8 aromatic carbocycles. The van der Waals surface area contributed by atoms with Crippen molar-refractivity contribution in [2.24, 2.45) is 29.6 Å². The van der Waals surface area contributed by atoms with Crippen molar-refractivity contribution in [1.82, 2.24) is 49.2 Å². The summed E-state index contributed by atoms with van der Waals surface area (Å²) < 4.78 is 19.0. The molecule has 2 aromatic heterocycles. The number of carbonyl (C=O) groups excluding carboxylic acids is 4. The van der Waals surface area contributed by atoms with Crippen LogP contribution in [0, 0.1) is 49.3 Å². The highest BCUT2D eigenvalue weighted by molar-refractivity contribution is 6.42. The SMILES string of the molecule is CC[C@@H]1CN(C2CCN(C(=O)c3ccc4ncccc4c3)CC2)CC[C@@H]1Cc1ccc(Cl)c(Cl)c1.COc1ccc(CC2CCN(C3CCN(C(=O)Cc4ccccc4C)CC3)CC2)cc1.Cc1ccccc1CC(=O)N1CCC(N2CCC(Cc3ccc(Cl)c(F)c3)CC2)CC1.O=C(c1cnc2ccccc2c1)N1CCC(N2CCC(Cc3ccc(Cl)c(Cl)c3)CC2)CC1. The Kier molecular flexibility index (Phi) is 34.7. The Morgan fingerprint density at radius 3 is 1.25 bits per heavy atom. The monoisotopic (exact) mass is 1850 g/mol. The normalized spacial score (nSPS) is 19.7. The van der Waals surface area contributed by atoms with Crippen molar-refractivity contribution >= 4 is 103 Å². The smallest absolute Gasteiger partial charge is 0.255 e. The van der Waals surface area contributed by atoms with Gasteiger partial charge in [0.25, 0.3) is 11.8 Å². The van der Waals surface area contributed by atoms with Gasteiger partial charge in [0, 0.05) is 112 Å². The molecule has 2 atom stereocenters. The first-order chi connectivity index (χ1) is 63.2. The second-order valence-electron chi connectivity index (χ2n) is 37.9. The van der Waals surface area contributed by atoms with Crippen molar-refractivity contribution in [3.63, 3.8) is 0 Å². The minimum Gasteiger partial charge on any atom is -0.497 e. The number of aromatic nitrogens is 2. The predicted octanol–water partition coefficient (Wildman–Crippen LogP) is 22.6. The van der Waals surface area contributed by atoms with Crippen LogP contribution in [0.1, 0.15) is 175 Å². The lowest BCUT2D eigenvalue weighted by atomic mass is 9.79. The van der Waals surface area contributed by atoms with Crippen molar-refractivity contribution in [2.75, 3.05) is 112 Å². The van der Waals surface area contributed by atoms with Crippen LogP contribution in [0.3, 0.4) is 0 Å². The molecule has 4 amide bonds. The molecule has 8 aliphatic heterocycles. The Labute approximate surface area is 795 Å². The molecule has 0 N–H and O–H groups in total. The lowest BCUT2D eigenvalue weighted by Gasteiger charge is -2.45. The first-order valence-electron chi connectivity index (χ1n) is 48.0. The van der Waals surface area contributed by atoms with E-state index in [0.717, 1.165) is 231 Å². The zero-order valence-electron chi connectivity index (χ0n) is 76.4. The Morgan fingerprint density at radius 1 is 0.369 bits per heavy atom. The van der Waals surface area contributed by atoms with Gasteiger partial charge in [-0.25, -0.2) is 4.39 Å². The molecule has 0 aliphatic carbocycles. The number of amides is 4. The molecule has 8 aliphatic rings. The largest absolute Gasteiger partial charge is 0.497 e. The number of benzene rings is 8. The van der Waals surface area contributed by atoms with Gasteiger partial charge in [0.15, 0.2) is 0 Å². The summed E-state index contributed by atoms with van der Waals surface area (Å²) in [7, 11) is 1.72. The zero-order valence-corrected chi connectivity index (χ0v) is 80.2. The highest BCUT2D eigenvalue weighted by Crippen LogP contribution is 2.38. The third-order valence-electron chi connectivity index (χ3n) is 29.7. The van der Waals surface area contributed by atoms with Gasteiger partial charge in [-0.2, -0.15) is 0 Å². The summed E-state index contributed by atoms with van der Waals surface area (Å²) in [6.45, 7) is 22.5. The van der Waals surface area contributed by atoms with E-state index in [1.807, 2.05) is 130 Å². The molecule has 10 heterocycles. The van der Waals surface area contributed by atoms with Gasteiger partial charge in [0.05, 0.1) is 61.7 Å². The van der Waals surface area contributed by atoms with E-state index in [4.69, 9.17) is 62.7 Å². The number of carbonyl (C=O) groups is 4. The number of ether oxygens (including phenoxy) is 1. The van der Waals surface area contributed by atoms with Crippen LogP contribution in [-0.4, -0.2) is 209 Å². The Morgan fingerprint density at radius 2 is 0.769 bits per heavy atom. The fourth-order valence-electron chi connectivity index (χ4n) is 21.6. The summed E-state index contributed by atoms with van der Waals surface area (Å²) in [4.78, 5) is 79.3. The number of hydrogen-bond acceptors (Lipinski definition) is 11. The van der Waals surface area contributed by atoms with Crippen molar-refractivity contribution in [2.45, 2.75) is 186 Å². The Hall–Kier alpha value is -8.52. The number of para-hydroxylation sites is 1. The standard InChI is InChI=1S/C29H33Cl2N3O.C27H29Cl2N3O.C27H36N2O2.C26H32ClFN2O/c1-2-21-19-34(13-9-22(21)16-20-5-7-26(30)27(31)17-20)25-10-14-33(15-11-25)29(35)24-6-8-28-23(18-24)4-3-12-32-28;28-24-6-5-20(16-25(24)29)15-19-7-11-31(12-8-19)23-9-13-32(14-10-23)27(33)22-17-21-3-1-2-4-26(21)30-18-22;1-21-5-3-4-6-24(21)20-27(30)29-17-13-25(14-18-29)28-15-11-23(12-16-28)19-22-7-9-26(31-2)10-8-22;1-19-4-2-3-5-22(19)18-26(31)30-14-10-23(11-15-30)29-12-8-20(9-13-29)16-21-6-7-24(27)25(28)17-21/h3-8,12,17-18,21-22,25H,2,9-11,13-16,19H2,1H3;1-6,16-19,23H,7-15H2;3-10,23,25H,11-20H2,1-2H3;2-7,17,20,23H,8-16,18H2,1H3/t21-,22-;;;/m1.../s1. The van der Waals surface area contributed by atoms with Crippen LogP contribution in [0.15, 0.2) is 200 Å². The average molecular weight is 1860 g/mol. The minimum absolute atomic E-state index is 0.104. The van der Waals surface area contributed by atoms with Gasteiger partial charge in [-0.15, -0.1) is 0 Å². The number of hydrogen-bond donors (Lipinski definition) is 0. The van der Waals surface area contributed by atoms with E-state index >= 15 is 0 Å². The van der Waals surface area contributed by atoms with Gasteiger partial charge in [-0.05, 0) is 341 Å². The molecule has 688 valence electrons. The van der Waals surface area contributed by atoms with E-state index in [1.165, 1.54) is 85.9 Å². The molecule has 8 fully saturated rings. The molecule has 0 unspecified atom stereocenters. The van der Waals surface area contributed by atoms with Crippen LogP contribution < -0.4 is 4.74 Å². The Bertz CT molecular complexity index is 5400. The molecule has 10 aromatic rings. The number of pyridine rings is 2. The number of nitrogens with zero attached hydrogens (tertiary/aromatic N) is 10. The summed E-state index contributed by atoms with van der Waals surface area (Å²) in [5.74, 6) is 4.83. The summed E-state index contributed by atoms with van der Waals surface area (Å²) >= 11 is 30.4. The number of likely N-dealkylation sites (tertiary alicyclic amines) is 8. The summed E-state index contributed by atoms with van der Waals surface area (Å²) in [6.07, 6.45) is 27.0. The van der Waals surface area contributed by atoms with Gasteiger partial charge in [-0.1, -0.05) is 174 Å². The van der Waals surface area contributed by atoms with Gasteiger partial charge >= 0.3 is 0 Å². The van der Waals surface area contributed by atoms with Crippen LogP contribution in [-0.2, 0) is 48.1 Å². The van der Waals surface area contributed by atoms with Crippen molar-refractivity contribution in [1.29, 1.82) is 0 Å². The summed E-state index contributed by atoms with van der Waals surface area (Å²) in [6, 6.07) is 64.2. The van der Waals surface area contributed by atoms with Gasteiger partial charge in [0.1, 0.15) is 11.6 Å². The van der Waals surface area contributed by atoms with Crippen LogP contribution in [0.2, 0.25) is 25.1 Å². The fourth-order valence-corrected chi connectivity index (χ4v) is 22.3. The number of halogens is 6. The minimum atomic E-state index is -0.319. The van der Waals surface area contributed by atoms with Gasteiger partial charge in [0.2, 0.25) is 11.8 Å². The molecule has 0 bridgehead atoms. The number of aryl methyl sites for hydroxylation is 2. The highest BCUT2D eigenvalue weighted by atomic mass is 35.5. The van der Waals surface area contributed by atoms with Crippen molar-refractivity contribution in [3.8, 4) is 5.75 Å². The second-order valence-corrected chi connectivity index (χ2v) is 39.9. The maximum Gasteiger partial charge on any atom is 0.255 e. The molecule has 8 saturated heterocycles. The van der Waals surface area contributed by atoms with Gasteiger partial charge < -0.3 is 39.0 Å². The molecular weight excluding hydrogens is 1730 g/mol. The Balaban J connectivity index is 0.000000133. The van der Waals surface area contributed by atoms with E-state index in [9.17, 15) is 23.6 Å². The molecule has 130 heavy (non-hydrogen) atoms. The van der Waals surface area contributed by atoms with Crippen molar-refractivity contribution < 1.29 is 28.3 Å². The van der Waals surface area contributed by atoms with E-state index in [0.29, 0.717) is 86.3 Å². The summed E-state index contributed by atoms with van der Waals surface area (Å²) in [5, 5.41) is 4.77. The highest BCUT2D eigenvalue weighted by Gasteiger charge is 2.37. The molecule has 0 radical (unpaired) electrons.